The van der Waals surface area contributed by atoms with Crippen molar-refractivity contribution in [2.24, 2.45) is 4.99 Å². The first kappa shape index (κ1) is 35.0. The Bertz CT molecular complexity index is 1330. The minimum absolute atomic E-state index is 0.0528. The molecule has 0 saturated heterocycles. The van der Waals surface area contributed by atoms with Crippen molar-refractivity contribution in [1.29, 1.82) is 0 Å². The van der Waals surface area contributed by atoms with E-state index in [1.165, 1.54) is 6.07 Å². The molecule has 0 fully saturated rings. The molecule has 0 bridgehead atoms. The largest absolute Gasteiger partial charge is 0.496 e. The molecule has 6 nitrogen and oxygen atoms in total. The zero-order chi connectivity index (χ0) is 32.3. The van der Waals surface area contributed by atoms with Gasteiger partial charge in [-0.25, -0.2) is 4.99 Å². The Balaban J connectivity index is 1.71. The van der Waals surface area contributed by atoms with Crippen LogP contribution >= 0.6 is 7.37 Å². The molecular formula is C33H47F3NO5P. The molecule has 240 valence electrons. The van der Waals surface area contributed by atoms with Crippen molar-refractivity contribution in [3.63, 3.8) is 0 Å². The van der Waals surface area contributed by atoms with E-state index in [2.05, 4.69) is 4.99 Å². The van der Waals surface area contributed by atoms with Gasteiger partial charge in [-0.1, -0.05) is 59.7 Å². The van der Waals surface area contributed by atoms with Crippen molar-refractivity contribution in [3.05, 3.63) is 58.7 Å². The van der Waals surface area contributed by atoms with Gasteiger partial charge >= 0.3 is 6.18 Å². The minimum Gasteiger partial charge on any atom is -0.496 e. The van der Waals surface area contributed by atoms with Gasteiger partial charge in [-0.2, -0.15) is 13.2 Å². The number of hydrogen-bond acceptors (Lipinski definition) is 6. The predicted octanol–water partition coefficient (Wildman–Crippen LogP) is 9.05. The first-order valence-corrected chi connectivity index (χ1v) is 16.3. The number of aliphatic imine (C=N–C) groups is 1. The average Bonchev–Trinajstić information content (AvgIpc) is 3.28. The van der Waals surface area contributed by atoms with Gasteiger partial charge in [-0.05, 0) is 67.5 Å². The number of alkyl halides is 3. The maximum Gasteiger partial charge on any atom is 0.419 e. The Hall–Kier alpha value is -2.51. The molecule has 1 aliphatic heterocycles. The zero-order valence-electron chi connectivity index (χ0n) is 27.0. The maximum atomic E-state index is 14.1. The van der Waals surface area contributed by atoms with Gasteiger partial charge in [0.25, 0.3) is 0 Å². The monoisotopic (exact) mass is 625 g/mol. The molecule has 1 aliphatic rings. The average molecular weight is 626 g/mol. The molecule has 1 heterocycles. The highest BCUT2D eigenvalue weighted by atomic mass is 31.2. The van der Waals surface area contributed by atoms with Gasteiger partial charge in [0, 0.05) is 17.2 Å². The van der Waals surface area contributed by atoms with Crippen molar-refractivity contribution in [2.75, 3.05) is 26.9 Å². The fourth-order valence-corrected chi connectivity index (χ4v) is 8.74. The van der Waals surface area contributed by atoms with E-state index >= 15 is 0 Å². The fourth-order valence-electron chi connectivity index (χ4n) is 5.53. The molecule has 43 heavy (non-hydrogen) atoms. The summed E-state index contributed by atoms with van der Waals surface area (Å²) in [6, 6.07) is 10.1. The summed E-state index contributed by atoms with van der Waals surface area (Å²) in [5, 5.41) is -1.20. The normalized spacial score (nSPS) is 17.9. The third-order valence-electron chi connectivity index (χ3n) is 7.78. The van der Waals surface area contributed by atoms with E-state index in [0.29, 0.717) is 37.1 Å². The van der Waals surface area contributed by atoms with Crippen molar-refractivity contribution in [2.45, 2.75) is 103 Å². The number of rotatable bonds is 12. The second kappa shape index (κ2) is 13.2. The minimum atomic E-state index is -4.57. The lowest BCUT2D eigenvalue weighted by atomic mass is 9.93. The van der Waals surface area contributed by atoms with Gasteiger partial charge in [-0.3, -0.25) is 4.57 Å². The molecule has 0 spiro atoms. The molecule has 3 rings (SSSR count). The molecule has 0 amide bonds. The van der Waals surface area contributed by atoms with Crippen LogP contribution in [0, 0.1) is 6.92 Å². The number of ether oxygens (including phenoxy) is 3. The lowest BCUT2D eigenvalue weighted by molar-refractivity contribution is -0.139. The van der Waals surface area contributed by atoms with E-state index in [-0.39, 0.29) is 25.6 Å². The van der Waals surface area contributed by atoms with Gasteiger partial charge in [0.1, 0.15) is 23.6 Å². The van der Waals surface area contributed by atoms with Crippen LogP contribution in [-0.4, -0.2) is 48.7 Å². The van der Waals surface area contributed by atoms with E-state index in [1.54, 1.807) is 20.1 Å². The Morgan fingerprint density at radius 2 is 1.53 bits per heavy atom. The lowest BCUT2D eigenvalue weighted by Gasteiger charge is -2.41. The van der Waals surface area contributed by atoms with Gasteiger partial charge in [-0.15, -0.1) is 0 Å². The highest BCUT2D eigenvalue weighted by Gasteiger charge is 2.50. The zero-order valence-corrected chi connectivity index (χ0v) is 27.9. The molecule has 0 N–H and O–H groups in total. The number of nitrogens with zero attached hydrogens (tertiary/aromatic N) is 1. The Morgan fingerprint density at radius 1 is 0.930 bits per heavy atom. The van der Waals surface area contributed by atoms with Crippen LogP contribution < -0.4 is 9.47 Å². The Labute approximate surface area is 254 Å². The van der Waals surface area contributed by atoms with Crippen molar-refractivity contribution < 1.29 is 36.5 Å². The number of halogens is 3. The van der Waals surface area contributed by atoms with Crippen molar-refractivity contribution in [3.8, 4) is 11.5 Å². The summed E-state index contributed by atoms with van der Waals surface area (Å²) >= 11 is 0. The SMILES string of the molecule is COc1ccc(CCCOc2ccc(CCC3(COP(=O)(C(C)(C)C)C(C)(C)C)COC(C)=N3)cc2C(F)(F)F)cc1C. The van der Waals surface area contributed by atoms with Crippen LogP contribution in [0.2, 0.25) is 0 Å². The van der Waals surface area contributed by atoms with Crippen LogP contribution in [0.15, 0.2) is 41.4 Å². The number of hydrogen-bond donors (Lipinski definition) is 0. The number of benzene rings is 2. The Kier molecular flexibility index (Phi) is 10.8. The van der Waals surface area contributed by atoms with Crippen molar-refractivity contribution >= 4 is 13.3 Å². The third kappa shape index (κ3) is 8.57. The first-order valence-electron chi connectivity index (χ1n) is 14.7. The molecule has 0 radical (unpaired) electrons. The molecule has 0 saturated carbocycles. The quantitative estimate of drug-likeness (QED) is 0.174. The molecule has 0 aromatic heterocycles. The molecule has 2 aromatic rings. The van der Waals surface area contributed by atoms with Gasteiger partial charge in [0.2, 0.25) is 7.37 Å². The summed E-state index contributed by atoms with van der Waals surface area (Å²) in [5.41, 5.74) is 0.933. The standard InChI is InChI=1S/C33H47F3NO5P/c1-23-19-25(12-14-28(23)39-9)11-10-18-40-29-15-13-26(20-27(29)33(34,35)36)16-17-32(21-41-24(2)37-32)22-42-43(38,30(3,4)5)31(6,7)8/h12-15,19-20H,10-11,16-18,21-22H2,1-9H3. The third-order valence-corrected chi connectivity index (χ3v) is 11.8. The highest BCUT2D eigenvalue weighted by Crippen LogP contribution is 2.67. The van der Waals surface area contributed by atoms with Crippen LogP contribution in [0.3, 0.4) is 0 Å². The van der Waals surface area contributed by atoms with Crippen molar-refractivity contribution in [1.82, 2.24) is 0 Å². The van der Waals surface area contributed by atoms with Crippen LogP contribution in [0.25, 0.3) is 0 Å². The second-order valence-electron chi connectivity index (χ2n) is 13.4. The topological polar surface area (TPSA) is 66.4 Å². The fraction of sp³-hybridized carbons (Fsp3) is 0.606. The molecule has 1 unspecified atom stereocenters. The Morgan fingerprint density at radius 3 is 2.05 bits per heavy atom. The summed E-state index contributed by atoms with van der Waals surface area (Å²) in [5.74, 6) is 1.09. The van der Waals surface area contributed by atoms with E-state index in [9.17, 15) is 17.7 Å². The molecule has 1 atom stereocenters. The molecule has 2 aromatic carbocycles. The van der Waals surface area contributed by atoms with E-state index < -0.39 is 35.0 Å². The number of methoxy groups -OCH3 is 1. The summed E-state index contributed by atoms with van der Waals surface area (Å²) in [7, 11) is -1.55. The summed E-state index contributed by atoms with van der Waals surface area (Å²) in [4.78, 5) is 4.68. The van der Waals surface area contributed by atoms with Crippen LogP contribution in [0.4, 0.5) is 13.2 Å². The number of aryl methyl sites for hydroxylation is 3. The summed E-state index contributed by atoms with van der Waals surface area (Å²) < 4.78 is 79.1. The molecule has 0 aliphatic carbocycles. The van der Waals surface area contributed by atoms with Crippen LogP contribution in [0.1, 0.15) is 83.6 Å². The second-order valence-corrected chi connectivity index (χ2v) is 17.4. The summed E-state index contributed by atoms with van der Waals surface area (Å²) in [6.07, 6.45) is -2.65. The van der Waals surface area contributed by atoms with Gasteiger partial charge in [0.15, 0.2) is 5.90 Å². The van der Waals surface area contributed by atoms with E-state index in [0.717, 1.165) is 22.9 Å². The van der Waals surface area contributed by atoms with E-state index in [4.69, 9.17) is 18.7 Å². The highest BCUT2D eigenvalue weighted by molar-refractivity contribution is 7.62. The smallest absolute Gasteiger partial charge is 0.419 e. The summed E-state index contributed by atoms with van der Waals surface area (Å²) in [6.45, 7) is 15.5. The lowest BCUT2D eigenvalue weighted by Crippen LogP contribution is -2.38. The first-order chi connectivity index (χ1) is 19.8. The van der Waals surface area contributed by atoms with E-state index in [1.807, 2.05) is 66.7 Å². The van der Waals surface area contributed by atoms with Gasteiger partial charge < -0.3 is 18.7 Å². The predicted molar refractivity (Wildman–Crippen MR) is 166 cm³/mol. The molecular weight excluding hydrogens is 578 g/mol. The molecule has 10 heteroatoms. The van der Waals surface area contributed by atoms with Crippen LogP contribution in [0.5, 0.6) is 11.5 Å². The van der Waals surface area contributed by atoms with Crippen LogP contribution in [-0.2, 0) is 32.8 Å². The van der Waals surface area contributed by atoms with Gasteiger partial charge in [0.05, 0.1) is 25.9 Å². The maximum absolute atomic E-state index is 14.1.